The molecule has 2 N–H and O–H groups in total. The maximum absolute atomic E-state index is 10.8. The number of rotatable bonds is 6. The molecule has 0 atom stereocenters. The van der Waals surface area contributed by atoms with E-state index in [0.717, 1.165) is 17.7 Å². The zero-order valence-corrected chi connectivity index (χ0v) is 9.90. The fourth-order valence-corrected chi connectivity index (χ4v) is 1.36. The van der Waals surface area contributed by atoms with Crippen LogP contribution >= 0.6 is 0 Å². The minimum absolute atomic E-state index is 0.265. The van der Waals surface area contributed by atoms with E-state index >= 15 is 0 Å². The van der Waals surface area contributed by atoms with E-state index in [9.17, 15) is 4.79 Å². The maximum atomic E-state index is 10.8. The van der Waals surface area contributed by atoms with Crippen LogP contribution in [0.15, 0.2) is 24.3 Å². The number of primary amides is 1. The molecule has 3 heteroatoms. The minimum Gasteiger partial charge on any atom is -0.494 e. The summed E-state index contributed by atoms with van der Waals surface area (Å²) < 4.78 is 5.59. The number of hydrogen-bond donors (Lipinski definition) is 1. The summed E-state index contributed by atoms with van der Waals surface area (Å²) in [6.45, 7) is 5.03. The normalized spacial score (nSPS) is 10.4. The molecule has 1 aromatic carbocycles. The smallest absolute Gasteiger partial charge is 0.221 e. The van der Waals surface area contributed by atoms with Crippen LogP contribution in [0, 0.1) is 5.92 Å². The Kier molecular flexibility index (Phi) is 4.83. The molecule has 0 aliphatic heterocycles. The van der Waals surface area contributed by atoms with Gasteiger partial charge in [-0.05, 0) is 30.0 Å². The van der Waals surface area contributed by atoms with Crippen molar-refractivity contribution in [2.24, 2.45) is 11.7 Å². The van der Waals surface area contributed by atoms with Crippen molar-refractivity contribution in [1.82, 2.24) is 0 Å². The Morgan fingerprint density at radius 1 is 1.44 bits per heavy atom. The largest absolute Gasteiger partial charge is 0.494 e. The van der Waals surface area contributed by atoms with Crippen molar-refractivity contribution in [3.63, 3.8) is 0 Å². The Morgan fingerprint density at radius 2 is 2.19 bits per heavy atom. The predicted molar refractivity (Wildman–Crippen MR) is 64.3 cm³/mol. The van der Waals surface area contributed by atoms with Gasteiger partial charge < -0.3 is 10.5 Å². The monoisotopic (exact) mass is 221 g/mol. The Hall–Kier alpha value is -1.51. The van der Waals surface area contributed by atoms with E-state index in [2.05, 4.69) is 13.8 Å². The SMILES string of the molecule is CC(C)CCOc1cccc(CC(N)=O)c1. The van der Waals surface area contributed by atoms with E-state index in [1.807, 2.05) is 24.3 Å². The van der Waals surface area contributed by atoms with Crippen LogP contribution in [0.25, 0.3) is 0 Å². The van der Waals surface area contributed by atoms with Crippen LogP contribution in [0.5, 0.6) is 5.75 Å². The van der Waals surface area contributed by atoms with Gasteiger partial charge in [-0.15, -0.1) is 0 Å². The summed E-state index contributed by atoms with van der Waals surface area (Å²) in [5, 5.41) is 0. The van der Waals surface area contributed by atoms with E-state index in [1.54, 1.807) is 0 Å². The molecule has 0 aromatic heterocycles. The molecule has 0 heterocycles. The van der Waals surface area contributed by atoms with Gasteiger partial charge in [0, 0.05) is 0 Å². The highest BCUT2D eigenvalue weighted by Crippen LogP contribution is 2.14. The lowest BCUT2D eigenvalue weighted by Gasteiger charge is -2.08. The van der Waals surface area contributed by atoms with Gasteiger partial charge in [0.2, 0.25) is 5.91 Å². The van der Waals surface area contributed by atoms with Crippen molar-refractivity contribution < 1.29 is 9.53 Å². The molecule has 0 aliphatic rings. The van der Waals surface area contributed by atoms with Crippen molar-refractivity contribution in [3.8, 4) is 5.75 Å². The Morgan fingerprint density at radius 3 is 2.81 bits per heavy atom. The molecule has 16 heavy (non-hydrogen) atoms. The van der Waals surface area contributed by atoms with Gasteiger partial charge in [-0.3, -0.25) is 4.79 Å². The van der Waals surface area contributed by atoms with Crippen molar-refractivity contribution in [1.29, 1.82) is 0 Å². The molecular weight excluding hydrogens is 202 g/mol. The molecule has 0 saturated carbocycles. The van der Waals surface area contributed by atoms with Gasteiger partial charge in [-0.2, -0.15) is 0 Å². The molecule has 1 rings (SSSR count). The van der Waals surface area contributed by atoms with Crippen LogP contribution in [0.2, 0.25) is 0 Å². The summed E-state index contributed by atoms with van der Waals surface area (Å²) in [6, 6.07) is 7.51. The number of nitrogens with two attached hydrogens (primary N) is 1. The molecule has 0 bridgehead atoms. The van der Waals surface area contributed by atoms with Gasteiger partial charge in [0.05, 0.1) is 13.0 Å². The summed E-state index contributed by atoms with van der Waals surface area (Å²) in [5.41, 5.74) is 6.03. The van der Waals surface area contributed by atoms with E-state index in [0.29, 0.717) is 12.5 Å². The predicted octanol–water partition coefficient (Wildman–Crippen LogP) is 2.14. The molecule has 1 amide bonds. The lowest BCUT2D eigenvalue weighted by molar-refractivity contribution is -0.117. The molecule has 0 radical (unpaired) electrons. The van der Waals surface area contributed by atoms with Crippen molar-refractivity contribution >= 4 is 5.91 Å². The first kappa shape index (κ1) is 12.6. The molecule has 0 aliphatic carbocycles. The third-order valence-electron chi connectivity index (χ3n) is 2.24. The molecule has 0 saturated heterocycles. The molecule has 0 unspecified atom stereocenters. The summed E-state index contributed by atoms with van der Waals surface area (Å²) in [6.07, 6.45) is 1.29. The van der Waals surface area contributed by atoms with Crippen LogP contribution in [0.3, 0.4) is 0 Å². The van der Waals surface area contributed by atoms with E-state index < -0.39 is 0 Å². The first-order valence-electron chi connectivity index (χ1n) is 5.58. The Labute approximate surface area is 96.6 Å². The van der Waals surface area contributed by atoms with Gasteiger partial charge in [0.1, 0.15) is 5.75 Å². The summed E-state index contributed by atoms with van der Waals surface area (Å²) in [4.78, 5) is 10.8. The first-order chi connectivity index (χ1) is 7.58. The second-order valence-electron chi connectivity index (χ2n) is 4.32. The summed E-state index contributed by atoms with van der Waals surface area (Å²) in [5.74, 6) is 1.12. The number of amides is 1. The second-order valence-corrected chi connectivity index (χ2v) is 4.32. The number of ether oxygens (including phenoxy) is 1. The zero-order chi connectivity index (χ0) is 12.0. The van der Waals surface area contributed by atoms with Gasteiger partial charge in [-0.25, -0.2) is 0 Å². The van der Waals surface area contributed by atoms with Crippen molar-refractivity contribution in [2.75, 3.05) is 6.61 Å². The van der Waals surface area contributed by atoms with Crippen LogP contribution in [-0.2, 0) is 11.2 Å². The highest BCUT2D eigenvalue weighted by molar-refractivity contribution is 5.76. The number of benzene rings is 1. The van der Waals surface area contributed by atoms with Gasteiger partial charge in [0.15, 0.2) is 0 Å². The van der Waals surface area contributed by atoms with Crippen molar-refractivity contribution in [2.45, 2.75) is 26.7 Å². The minimum atomic E-state index is -0.320. The van der Waals surface area contributed by atoms with Crippen molar-refractivity contribution in [3.05, 3.63) is 29.8 Å². The number of hydrogen-bond acceptors (Lipinski definition) is 2. The molecular formula is C13H19NO2. The fraction of sp³-hybridized carbons (Fsp3) is 0.462. The summed E-state index contributed by atoms with van der Waals surface area (Å²) in [7, 11) is 0. The molecule has 0 fully saturated rings. The molecule has 1 aromatic rings. The standard InChI is InChI=1S/C13H19NO2/c1-10(2)6-7-16-12-5-3-4-11(8-12)9-13(14)15/h3-5,8,10H,6-7,9H2,1-2H3,(H2,14,15). The zero-order valence-electron chi connectivity index (χ0n) is 9.90. The lowest BCUT2D eigenvalue weighted by Crippen LogP contribution is -2.13. The molecule has 3 nitrogen and oxygen atoms in total. The quantitative estimate of drug-likeness (QED) is 0.800. The molecule has 0 spiro atoms. The fourth-order valence-electron chi connectivity index (χ4n) is 1.36. The average Bonchev–Trinajstić information content (AvgIpc) is 2.16. The highest BCUT2D eigenvalue weighted by atomic mass is 16.5. The van der Waals surface area contributed by atoms with Crippen LogP contribution in [0.4, 0.5) is 0 Å². The number of carbonyl (C=O) groups is 1. The highest BCUT2D eigenvalue weighted by Gasteiger charge is 2.01. The third kappa shape index (κ3) is 4.82. The van der Waals surface area contributed by atoms with E-state index in [1.165, 1.54) is 0 Å². The lowest BCUT2D eigenvalue weighted by atomic mass is 10.1. The van der Waals surface area contributed by atoms with Crippen LogP contribution in [-0.4, -0.2) is 12.5 Å². The third-order valence-corrected chi connectivity index (χ3v) is 2.24. The van der Waals surface area contributed by atoms with Crippen LogP contribution in [0.1, 0.15) is 25.8 Å². The maximum Gasteiger partial charge on any atom is 0.221 e. The Balaban J connectivity index is 2.50. The topological polar surface area (TPSA) is 52.3 Å². The van der Waals surface area contributed by atoms with Gasteiger partial charge in [-0.1, -0.05) is 26.0 Å². The average molecular weight is 221 g/mol. The van der Waals surface area contributed by atoms with Gasteiger partial charge >= 0.3 is 0 Å². The number of carbonyl (C=O) groups excluding carboxylic acids is 1. The summed E-state index contributed by atoms with van der Waals surface area (Å²) >= 11 is 0. The van der Waals surface area contributed by atoms with Crippen LogP contribution < -0.4 is 10.5 Å². The van der Waals surface area contributed by atoms with E-state index in [-0.39, 0.29) is 12.3 Å². The Bertz CT molecular complexity index is 348. The van der Waals surface area contributed by atoms with Gasteiger partial charge in [0.25, 0.3) is 0 Å². The second kappa shape index (κ2) is 6.16. The first-order valence-corrected chi connectivity index (χ1v) is 5.58. The van der Waals surface area contributed by atoms with E-state index in [4.69, 9.17) is 10.5 Å². The molecule has 88 valence electrons.